The molecule has 0 bridgehead atoms. The van der Waals surface area contributed by atoms with Crippen LogP contribution in [-0.4, -0.2) is 41.3 Å². The normalized spacial score (nSPS) is 10.9. The molecule has 0 aliphatic rings. The van der Waals surface area contributed by atoms with Crippen LogP contribution in [0.15, 0.2) is 6.07 Å². The molecule has 0 aliphatic carbocycles. The van der Waals surface area contributed by atoms with Gasteiger partial charge in [0.15, 0.2) is 0 Å². The fourth-order valence-corrected chi connectivity index (χ4v) is 1.36. The smallest absolute Gasteiger partial charge is 0.0698 e. The predicted octanol–water partition coefficient (Wildman–Crippen LogP) is -0.173. The first-order valence-electron chi connectivity index (χ1n) is 5.13. The first-order valence-corrected chi connectivity index (χ1v) is 5.13. The van der Waals surface area contributed by atoms with Crippen LogP contribution in [0.5, 0.6) is 0 Å². The summed E-state index contributed by atoms with van der Waals surface area (Å²) in [5.74, 6) is 0. The summed E-state index contributed by atoms with van der Waals surface area (Å²) in [6.45, 7) is 4.67. The van der Waals surface area contributed by atoms with Crippen molar-refractivity contribution in [2.24, 2.45) is 7.05 Å². The summed E-state index contributed by atoms with van der Waals surface area (Å²) < 4.78 is 6.99. The van der Waals surface area contributed by atoms with Gasteiger partial charge in [-0.1, -0.05) is 0 Å². The molecule has 5 nitrogen and oxygen atoms in total. The summed E-state index contributed by atoms with van der Waals surface area (Å²) >= 11 is 0. The number of nitrogens with zero attached hydrogens (tertiary/aromatic N) is 2. The van der Waals surface area contributed by atoms with Crippen molar-refractivity contribution in [3.8, 4) is 0 Å². The first kappa shape index (κ1) is 12.2. The average molecular weight is 213 g/mol. The lowest BCUT2D eigenvalue weighted by Gasteiger charge is -2.05. The molecule has 0 spiro atoms. The van der Waals surface area contributed by atoms with Gasteiger partial charge in [0.05, 0.1) is 31.2 Å². The van der Waals surface area contributed by atoms with Crippen molar-refractivity contribution in [3.05, 3.63) is 17.5 Å². The minimum Gasteiger partial charge on any atom is -0.394 e. The third-order valence-electron chi connectivity index (χ3n) is 2.06. The lowest BCUT2D eigenvalue weighted by Crippen LogP contribution is -2.21. The highest BCUT2D eigenvalue weighted by Gasteiger charge is 2.00. The van der Waals surface area contributed by atoms with E-state index in [2.05, 4.69) is 16.5 Å². The van der Waals surface area contributed by atoms with Crippen molar-refractivity contribution in [2.45, 2.75) is 13.5 Å². The Balaban J connectivity index is 2.12. The molecule has 0 aromatic carbocycles. The van der Waals surface area contributed by atoms with Crippen molar-refractivity contribution >= 4 is 0 Å². The number of ether oxygens (including phenoxy) is 1. The van der Waals surface area contributed by atoms with Gasteiger partial charge in [-0.15, -0.1) is 0 Å². The molecule has 2 N–H and O–H groups in total. The van der Waals surface area contributed by atoms with Crippen LogP contribution in [0.1, 0.15) is 11.4 Å². The number of aromatic nitrogens is 2. The molecule has 1 heterocycles. The Morgan fingerprint density at radius 2 is 2.33 bits per heavy atom. The van der Waals surface area contributed by atoms with Gasteiger partial charge in [0, 0.05) is 20.1 Å². The Labute approximate surface area is 90.1 Å². The highest BCUT2D eigenvalue weighted by Crippen LogP contribution is 2.00. The Morgan fingerprint density at radius 1 is 1.53 bits per heavy atom. The largest absolute Gasteiger partial charge is 0.394 e. The van der Waals surface area contributed by atoms with Gasteiger partial charge in [0.1, 0.15) is 0 Å². The molecule has 0 saturated carbocycles. The standard InChI is InChI=1S/C10H19N3O2/c1-9-7-10(13(2)12-9)8-11-3-5-15-6-4-14/h7,11,14H,3-6,8H2,1-2H3. The van der Waals surface area contributed by atoms with Crippen molar-refractivity contribution in [1.29, 1.82) is 0 Å². The SMILES string of the molecule is Cc1cc(CNCCOCCO)n(C)n1. The van der Waals surface area contributed by atoms with E-state index in [4.69, 9.17) is 9.84 Å². The minimum atomic E-state index is 0.0843. The van der Waals surface area contributed by atoms with E-state index in [1.807, 2.05) is 18.7 Å². The maximum Gasteiger partial charge on any atom is 0.0698 e. The Kier molecular flexibility index (Phi) is 5.31. The second-order valence-corrected chi connectivity index (χ2v) is 3.41. The maximum atomic E-state index is 8.48. The molecule has 5 heteroatoms. The van der Waals surface area contributed by atoms with E-state index >= 15 is 0 Å². The Bertz CT molecular complexity index is 286. The molecule has 0 radical (unpaired) electrons. The number of aliphatic hydroxyl groups excluding tert-OH is 1. The highest BCUT2D eigenvalue weighted by molar-refractivity contribution is 5.08. The zero-order valence-electron chi connectivity index (χ0n) is 9.36. The fraction of sp³-hybridized carbons (Fsp3) is 0.700. The molecule has 15 heavy (non-hydrogen) atoms. The third-order valence-corrected chi connectivity index (χ3v) is 2.06. The molecule has 1 aromatic heterocycles. The van der Waals surface area contributed by atoms with Crippen LogP contribution in [0.4, 0.5) is 0 Å². The van der Waals surface area contributed by atoms with E-state index in [-0.39, 0.29) is 6.61 Å². The summed E-state index contributed by atoms with van der Waals surface area (Å²) in [5.41, 5.74) is 2.19. The molecular formula is C10H19N3O2. The van der Waals surface area contributed by atoms with Crippen LogP contribution in [0.2, 0.25) is 0 Å². The van der Waals surface area contributed by atoms with Gasteiger partial charge in [-0.2, -0.15) is 5.10 Å². The van der Waals surface area contributed by atoms with E-state index < -0.39 is 0 Å². The summed E-state index contributed by atoms with van der Waals surface area (Å²) in [6, 6.07) is 2.06. The zero-order valence-corrected chi connectivity index (χ0v) is 9.36. The molecule has 0 unspecified atom stereocenters. The number of aliphatic hydroxyl groups is 1. The second kappa shape index (κ2) is 6.55. The average Bonchev–Trinajstić information content (AvgIpc) is 2.51. The van der Waals surface area contributed by atoms with E-state index in [1.165, 1.54) is 0 Å². The molecular weight excluding hydrogens is 194 g/mol. The van der Waals surface area contributed by atoms with Crippen molar-refractivity contribution in [1.82, 2.24) is 15.1 Å². The third kappa shape index (κ3) is 4.42. The number of nitrogens with one attached hydrogen (secondary N) is 1. The molecule has 86 valence electrons. The summed E-state index contributed by atoms with van der Waals surface area (Å²) in [4.78, 5) is 0. The molecule has 0 aliphatic heterocycles. The van der Waals surface area contributed by atoms with Gasteiger partial charge in [0.25, 0.3) is 0 Å². The lowest BCUT2D eigenvalue weighted by molar-refractivity contribution is 0.0937. The van der Waals surface area contributed by atoms with Crippen LogP contribution < -0.4 is 5.32 Å². The van der Waals surface area contributed by atoms with Crippen LogP contribution in [0.3, 0.4) is 0 Å². The predicted molar refractivity (Wildman–Crippen MR) is 57.6 cm³/mol. The van der Waals surface area contributed by atoms with Gasteiger partial charge in [0.2, 0.25) is 0 Å². The van der Waals surface area contributed by atoms with Crippen LogP contribution in [0, 0.1) is 6.92 Å². The van der Waals surface area contributed by atoms with Crippen LogP contribution in [-0.2, 0) is 18.3 Å². The number of aryl methyl sites for hydroxylation is 2. The molecule has 1 aromatic rings. The van der Waals surface area contributed by atoms with Gasteiger partial charge < -0.3 is 15.2 Å². The van der Waals surface area contributed by atoms with Crippen LogP contribution >= 0.6 is 0 Å². The monoisotopic (exact) mass is 213 g/mol. The van der Waals surface area contributed by atoms with Gasteiger partial charge in [-0.25, -0.2) is 0 Å². The highest BCUT2D eigenvalue weighted by atomic mass is 16.5. The zero-order chi connectivity index (χ0) is 11.1. The topological polar surface area (TPSA) is 59.3 Å². The quantitative estimate of drug-likeness (QED) is 0.617. The fourth-order valence-electron chi connectivity index (χ4n) is 1.36. The van der Waals surface area contributed by atoms with Gasteiger partial charge in [-0.3, -0.25) is 4.68 Å². The molecule has 0 atom stereocenters. The second-order valence-electron chi connectivity index (χ2n) is 3.41. The number of hydrogen-bond donors (Lipinski definition) is 2. The lowest BCUT2D eigenvalue weighted by atomic mass is 10.3. The van der Waals surface area contributed by atoms with Crippen LogP contribution in [0.25, 0.3) is 0 Å². The Hall–Kier alpha value is -0.910. The number of hydrogen-bond acceptors (Lipinski definition) is 4. The van der Waals surface area contributed by atoms with Crippen molar-refractivity contribution < 1.29 is 9.84 Å². The molecule has 0 fully saturated rings. The molecule has 1 rings (SSSR count). The number of rotatable bonds is 7. The minimum absolute atomic E-state index is 0.0843. The summed E-state index contributed by atoms with van der Waals surface area (Å²) in [5, 5.41) is 16.0. The van der Waals surface area contributed by atoms with Gasteiger partial charge in [-0.05, 0) is 13.0 Å². The van der Waals surface area contributed by atoms with Crippen molar-refractivity contribution in [3.63, 3.8) is 0 Å². The summed E-state index contributed by atoms with van der Waals surface area (Å²) in [6.07, 6.45) is 0. The molecule has 0 amide bonds. The van der Waals surface area contributed by atoms with E-state index in [0.29, 0.717) is 13.2 Å². The van der Waals surface area contributed by atoms with E-state index in [1.54, 1.807) is 0 Å². The van der Waals surface area contributed by atoms with Gasteiger partial charge >= 0.3 is 0 Å². The maximum absolute atomic E-state index is 8.48. The Morgan fingerprint density at radius 3 is 2.93 bits per heavy atom. The van der Waals surface area contributed by atoms with E-state index in [9.17, 15) is 0 Å². The van der Waals surface area contributed by atoms with E-state index in [0.717, 1.165) is 24.5 Å². The summed E-state index contributed by atoms with van der Waals surface area (Å²) in [7, 11) is 1.94. The van der Waals surface area contributed by atoms with Crippen molar-refractivity contribution in [2.75, 3.05) is 26.4 Å². The first-order chi connectivity index (χ1) is 7.24. The molecule has 0 saturated heterocycles.